The maximum Gasteiger partial charge on any atom is 3.00 e. The Kier molecular flexibility index (Phi) is 31.8. The van der Waals surface area contributed by atoms with Gasteiger partial charge in [0, 0.05) is 39.3 Å². The van der Waals surface area contributed by atoms with Crippen LogP contribution < -0.4 is 189 Å². The molecule has 10 rings (SSSR count). The first-order chi connectivity index (χ1) is 42.4. The van der Waals surface area contributed by atoms with Gasteiger partial charge in [-0.25, -0.2) is 33.7 Å². The minimum atomic E-state index is -5.32. The third kappa shape index (κ3) is 21.7. The standard InChI is InChI=1S/2C26H18ClN7O9S2.Cr.5Na/c27-24-30-25(28-13-8-10-14(11-9-13)44(38,39)40)32-26(31-24)29-18-7-3-5-15-17(18)12-20(45(41,42)43)21(22(15)35)34-33-19-6-2-1-4-16(19)23(36)37;27-24-30-25(28-14-5-8-16(9-6-14)44(38,39)40)32-26(31-24)29-15-7-10-17-13(11-15)12-20(45(41,42)43)21(22(17)35)34-33-19-4-2-1-3-18(19)23(36)37;;;;;;/h2*1-12,35H,(H,36,37)(H,38,39,40)(H,41,42,43)(H2,28,29,30,31,32);;;;;;/q;;+3;5*+1/p-8. The van der Waals surface area contributed by atoms with Crippen LogP contribution in [0.3, 0.4) is 0 Å². The van der Waals surface area contributed by atoms with Gasteiger partial charge in [0.1, 0.15) is 40.5 Å². The Labute approximate surface area is 674 Å². The van der Waals surface area contributed by atoms with Crippen molar-refractivity contribution in [3.63, 3.8) is 0 Å². The maximum absolute atomic E-state index is 13.4. The molecule has 4 N–H and O–H groups in total. The van der Waals surface area contributed by atoms with Crippen molar-refractivity contribution in [3.8, 4) is 11.5 Å². The van der Waals surface area contributed by atoms with Gasteiger partial charge in [0.15, 0.2) is 0 Å². The van der Waals surface area contributed by atoms with Crippen molar-refractivity contribution in [1.82, 2.24) is 29.9 Å². The molecule has 44 heteroatoms. The number of nitrogens with zero attached hydrogens (tertiary/aromatic N) is 10. The van der Waals surface area contributed by atoms with Crippen molar-refractivity contribution in [2.75, 3.05) is 21.3 Å². The molecule has 8 aromatic carbocycles. The van der Waals surface area contributed by atoms with E-state index >= 15 is 0 Å². The van der Waals surface area contributed by atoms with Gasteiger partial charge < -0.3 is 69.5 Å². The van der Waals surface area contributed by atoms with Gasteiger partial charge in [-0.05, 0) is 130 Å². The van der Waals surface area contributed by atoms with Gasteiger partial charge >= 0.3 is 165 Å². The van der Waals surface area contributed by atoms with Crippen LogP contribution in [0.5, 0.6) is 11.5 Å². The number of rotatable bonds is 18. The number of carbonyl (C=O) groups is 2. The fraction of sp³-hybridized carbons (Fsp3) is 0. The van der Waals surface area contributed by atoms with Crippen molar-refractivity contribution in [1.29, 1.82) is 0 Å². The van der Waals surface area contributed by atoms with E-state index in [1.54, 1.807) is 0 Å². The fourth-order valence-corrected chi connectivity index (χ4v) is 10.5. The summed E-state index contributed by atoms with van der Waals surface area (Å²) >= 11 is 12.0. The summed E-state index contributed by atoms with van der Waals surface area (Å²) < 4.78 is 140. The van der Waals surface area contributed by atoms with Crippen molar-refractivity contribution in [3.05, 3.63) is 167 Å². The van der Waals surface area contributed by atoms with E-state index in [0.717, 1.165) is 42.5 Å². The van der Waals surface area contributed by atoms with Gasteiger partial charge in [-0.15, -0.1) is 20.5 Å². The average Bonchev–Trinajstić information content (AvgIpc) is 0.719. The van der Waals surface area contributed by atoms with Crippen molar-refractivity contribution >= 4 is 166 Å². The molecule has 0 amide bonds. The number of nitrogens with one attached hydrogen (secondary N) is 4. The predicted octanol–water partition coefficient (Wildman–Crippen LogP) is -9.33. The molecule has 0 atom stereocenters. The van der Waals surface area contributed by atoms with Crippen LogP contribution in [-0.4, -0.2) is 93.7 Å². The summed E-state index contributed by atoms with van der Waals surface area (Å²) in [5, 5.41) is 74.4. The summed E-state index contributed by atoms with van der Waals surface area (Å²) in [6.45, 7) is 0. The van der Waals surface area contributed by atoms with E-state index in [0.29, 0.717) is 5.69 Å². The maximum atomic E-state index is 13.4. The Morgan fingerprint density at radius 2 is 0.771 bits per heavy atom. The number of carboxylic acid groups (broad SMARTS) is 2. The number of aromatic nitrogens is 6. The molecule has 0 bridgehead atoms. The summed E-state index contributed by atoms with van der Waals surface area (Å²) in [4.78, 5) is 43.8. The molecule has 96 heavy (non-hydrogen) atoms. The molecule has 10 aromatic rings. The molecule has 0 saturated heterocycles. The van der Waals surface area contributed by atoms with Gasteiger partial charge in [0.2, 0.25) is 34.4 Å². The van der Waals surface area contributed by atoms with Crippen LogP contribution in [0.15, 0.2) is 186 Å². The SMILES string of the molecule is O=C([O-])c1ccccc1N=Nc1c(S(=O)(=O)[O-])cc2c(Nc3nc(Cl)nc(Nc4ccc(S(=O)(=O)[O-])cc4)n3)cccc2c1[O-].O=C([O-])c1ccccc1N=Nc1c(S(=O)(=O)[O-])cc2cc(Nc3nc(Cl)nc(Nc4ccc(S(=O)(=O)[O-])cc4)n3)ccc2c1[O-].[Cr+3].[Na+].[Na+].[Na+].[Na+].[Na+]. The van der Waals surface area contributed by atoms with E-state index < -0.39 is 94.9 Å². The Hall–Kier alpha value is -5.01. The fourth-order valence-electron chi connectivity index (χ4n) is 7.97. The summed E-state index contributed by atoms with van der Waals surface area (Å²) in [5.41, 5.74) is -2.00. The van der Waals surface area contributed by atoms with E-state index in [-0.39, 0.29) is 261 Å². The molecule has 0 aliphatic carbocycles. The van der Waals surface area contributed by atoms with Gasteiger partial charge in [-0.2, -0.15) is 29.9 Å². The van der Waals surface area contributed by atoms with E-state index in [1.165, 1.54) is 103 Å². The normalized spacial score (nSPS) is 11.2. The quantitative estimate of drug-likeness (QED) is 0.0352. The van der Waals surface area contributed by atoms with Gasteiger partial charge in [0.25, 0.3) is 0 Å². The number of aromatic carboxylic acids is 2. The number of hydrogen-bond acceptors (Lipinski definition) is 32. The number of azo groups is 2. The summed E-state index contributed by atoms with van der Waals surface area (Å²) in [6, 6.07) is 30.0. The topological polar surface area (TPSA) is 530 Å². The number of benzene rings is 8. The van der Waals surface area contributed by atoms with Gasteiger partial charge in [0.05, 0.1) is 54.3 Å². The van der Waals surface area contributed by atoms with Crippen LogP contribution in [0.4, 0.5) is 69.3 Å². The van der Waals surface area contributed by atoms with E-state index in [2.05, 4.69) is 71.6 Å². The Morgan fingerprint density at radius 1 is 0.396 bits per heavy atom. The minimum absolute atomic E-state index is 0. The zero-order chi connectivity index (χ0) is 65.0. The molecule has 0 aliphatic heterocycles. The van der Waals surface area contributed by atoms with Crippen molar-refractivity contribution in [2.24, 2.45) is 20.5 Å². The van der Waals surface area contributed by atoms with Crippen LogP contribution in [0, 0.1) is 0 Å². The van der Waals surface area contributed by atoms with Crippen LogP contribution in [0.2, 0.25) is 10.6 Å². The zero-order valence-corrected chi connectivity index (χ0v) is 65.5. The second-order valence-electron chi connectivity index (χ2n) is 17.8. The van der Waals surface area contributed by atoms with Crippen molar-refractivity contribution < 1.29 is 247 Å². The number of carbonyl (C=O) groups excluding carboxylic acids is 2. The number of carboxylic acids is 2. The molecule has 0 unspecified atom stereocenters. The zero-order valence-electron chi connectivity index (χ0n) is 49.5. The third-order valence-corrected chi connectivity index (χ3v) is 15.7. The second-order valence-corrected chi connectivity index (χ2v) is 24.0. The molecule has 0 spiro atoms. The molecule has 32 nitrogen and oxygen atoms in total. The third-order valence-electron chi connectivity index (χ3n) is 11.9. The van der Waals surface area contributed by atoms with Gasteiger partial charge in [-0.3, -0.25) is 0 Å². The van der Waals surface area contributed by atoms with E-state index in [4.69, 9.17) is 23.2 Å². The molecule has 1 radical (unpaired) electrons. The molecular weight excluding hydrogens is 1470 g/mol. The predicted molar refractivity (Wildman–Crippen MR) is 304 cm³/mol. The van der Waals surface area contributed by atoms with Crippen molar-refractivity contribution in [2.45, 2.75) is 19.6 Å². The first-order valence-electron chi connectivity index (χ1n) is 24.3. The first-order valence-corrected chi connectivity index (χ1v) is 30.7. The number of anilines is 8. The van der Waals surface area contributed by atoms with Crippen LogP contribution >= 0.6 is 23.2 Å². The molecule has 0 saturated carbocycles. The molecule has 2 heterocycles. The Bertz CT molecular complexity index is 5140. The monoisotopic (exact) mass is 1500 g/mol. The van der Waals surface area contributed by atoms with Crippen LogP contribution in [-0.2, 0) is 57.8 Å². The smallest absolute Gasteiger partial charge is 0.871 e. The van der Waals surface area contributed by atoms with Gasteiger partial charge in [-0.1, -0.05) is 66.1 Å². The molecule has 0 fully saturated rings. The molecule has 463 valence electrons. The van der Waals surface area contributed by atoms with E-state index in [9.17, 15) is 81.9 Å². The van der Waals surface area contributed by atoms with Crippen LogP contribution in [0.1, 0.15) is 20.7 Å². The summed E-state index contributed by atoms with van der Waals surface area (Å²) in [7, 11) is -19.9. The van der Waals surface area contributed by atoms with Crippen LogP contribution in [0.25, 0.3) is 21.5 Å². The Balaban J connectivity index is 0.000000471. The van der Waals surface area contributed by atoms with E-state index in [1.807, 2.05) is 0 Å². The molecular formula is C52H28Cl2CrN14Na5O18S4. The number of hydrogen-bond donors (Lipinski definition) is 4. The number of halogens is 2. The minimum Gasteiger partial charge on any atom is -0.871 e. The summed E-state index contributed by atoms with van der Waals surface area (Å²) in [5.74, 6) is -5.64. The number of fused-ring (bicyclic) bond motifs is 2. The second kappa shape index (κ2) is 35.9. The summed E-state index contributed by atoms with van der Waals surface area (Å²) in [6.07, 6.45) is 0. The first kappa shape index (κ1) is 85.2. The molecule has 0 aliphatic rings. The Morgan fingerprint density at radius 3 is 1.18 bits per heavy atom. The largest absolute Gasteiger partial charge is 3.00 e. The average molecular weight is 1500 g/mol. The molecule has 2 aromatic heterocycles.